The van der Waals surface area contributed by atoms with Gasteiger partial charge in [0.25, 0.3) is 0 Å². The summed E-state index contributed by atoms with van der Waals surface area (Å²) in [6.07, 6.45) is 1.16. The molecule has 9 nitrogen and oxygen atoms in total. The second-order valence-electron chi connectivity index (χ2n) is 7.86. The maximum absolute atomic E-state index is 13.1. The minimum absolute atomic E-state index is 0.0265. The average molecular weight is 470 g/mol. The summed E-state index contributed by atoms with van der Waals surface area (Å²) in [5.41, 5.74) is 0.284. The van der Waals surface area contributed by atoms with E-state index in [-0.39, 0.29) is 40.4 Å². The molecule has 0 unspecified atom stereocenters. The highest BCUT2D eigenvalue weighted by molar-refractivity contribution is 8.01. The van der Waals surface area contributed by atoms with Crippen molar-refractivity contribution in [2.45, 2.75) is 42.5 Å². The highest BCUT2D eigenvalue weighted by Gasteiger charge is 2.53. The fourth-order valence-corrected chi connectivity index (χ4v) is 7.08. The van der Waals surface area contributed by atoms with Crippen molar-refractivity contribution in [1.82, 2.24) is 9.21 Å². The Bertz CT molecular complexity index is 979. The van der Waals surface area contributed by atoms with E-state index in [1.807, 2.05) is 13.8 Å². The normalized spacial score (nSPS) is 26.7. The number of rotatable bonds is 6. The number of ether oxygens (including phenoxy) is 2. The number of morpholine rings is 1. The molecule has 4 rings (SSSR count). The summed E-state index contributed by atoms with van der Waals surface area (Å²) < 4.78 is 38.3. The summed E-state index contributed by atoms with van der Waals surface area (Å²) in [4.78, 5) is 26.9. The van der Waals surface area contributed by atoms with Crippen LogP contribution >= 0.6 is 11.8 Å². The van der Waals surface area contributed by atoms with E-state index in [0.29, 0.717) is 37.7 Å². The van der Waals surface area contributed by atoms with Gasteiger partial charge in [0.2, 0.25) is 21.8 Å². The zero-order valence-corrected chi connectivity index (χ0v) is 19.3. The summed E-state index contributed by atoms with van der Waals surface area (Å²) in [6.45, 7) is 5.42. The number of amides is 2. The van der Waals surface area contributed by atoms with Gasteiger partial charge in [-0.2, -0.15) is 4.31 Å². The molecule has 0 bridgehead atoms. The highest BCUT2D eigenvalue weighted by atomic mass is 32.2. The molecular formula is C20H27N3O6S2. The van der Waals surface area contributed by atoms with Crippen molar-refractivity contribution in [3.63, 3.8) is 0 Å². The lowest BCUT2D eigenvalue weighted by molar-refractivity contribution is -0.135. The molecule has 0 radical (unpaired) electrons. The average Bonchev–Trinajstić information content (AvgIpc) is 3.25. The van der Waals surface area contributed by atoms with E-state index >= 15 is 0 Å². The van der Waals surface area contributed by atoms with Crippen LogP contribution in [0.25, 0.3) is 0 Å². The molecule has 1 N–H and O–H groups in total. The third kappa shape index (κ3) is 4.15. The van der Waals surface area contributed by atoms with Gasteiger partial charge in [0.1, 0.15) is 11.8 Å². The van der Waals surface area contributed by atoms with Gasteiger partial charge in [-0.1, -0.05) is 0 Å². The Kier molecular flexibility index (Phi) is 6.21. The van der Waals surface area contributed by atoms with E-state index in [0.717, 1.165) is 6.42 Å². The van der Waals surface area contributed by atoms with E-state index in [1.54, 1.807) is 22.7 Å². The minimum atomic E-state index is -3.73. The lowest BCUT2D eigenvalue weighted by Gasteiger charge is -2.30. The number of carbonyl (C=O) groups excluding carboxylic acids is 2. The smallest absolute Gasteiger partial charge is 0.248 e. The van der Waals surface area contributed by atoms with Gasteiger partial charge in [-0.05, 0) is 38.5 Å². The van der Waals surface area contributed by atoms with Gasteiger partial charge in [0.05, 0.1) is 35.3 Å². The Morgan fingerprint density at radius 2 is 2.10 bits per heavy atom. The number of hydrogen-bond donors (Lipinski definition) is 1. The number of carbonyl (C=O) groups is 2. The molecule has 170 valence electrons. The molecule has 2 atom stereocenters. The molecule has 3 aliphatic heterocycles. The monoisotopic (exact) mass is 469 g/mol. The molecule has 3 fully saturated rings. The van der Waals surface area contributed by atoms with Crippen molar-refractivity contribution < 1.29 is 27.5 Å². The van der Waals surface area contributed by atoms with E-state index in [9.17, 15) is 18.0 Å². The van der Waals surface area contributed by atoms with Crippen LogP contribution in [-0.4, -0.2) is 79.0 Å². The zero-order chi connectivity index (χ0) is 22.2. The van der Waals surface area contributed by atoms with Gasteiger partial charge in [0, 0.05) is 25.3 Å². The molecule has 3 aliphatic rings. The Labute approximate surface area is 186 Å². The first-order valence-corrected chi connectivity index (χ1v) is 12.8. The van der Waals surface area contributed by atoms with Crippen molar-refractivity contribution >= 4 is 39.3 Å². The number of sulfonamides is 1. The third-order valence-electron chi connectivity index (χ3n) is 5.86. The Morgan fingerprint density at radius 3 is 2.81 bits per heavy atom. The molecule has 31 heavy (non-hydrogen) atoms. The zero-order valence-electron chi connectivity index (χ0n) is 17.6. The lowest BCUT2D eigenvalue weighted by atomic mass is 10.2. The molecule has 1 aromatic rings. The summed E-state index contributed by atoms with van der Waals surface area (Å²) in [7, 11) is -3.73. The van der Waals surface area contributed by atoms with Crippen LogP contribution in [0.5, 0.6) is 5.75 Å². The molecular weight excluding hydrogens is 442 g/mol. The van der Waals surface area contributed by atoms with Gasteiger partial charge in [-0.25, -0.2) is 8.42 Å². The summed E-state index contributed by atoms with van der Waals surface area (Å²) in [6, 6.07) is 3.87. The Balaban J connectivity index is 1.60. The standard InChI is InChI=1S/C20H27N3O6S2/c1-3-29-17-5-4-14(31(26,27)22-8-10-28-11-9-22)12-15(17)21-19(25)16-13-30-20(2)7-6-18(24)23(16)20/h4-5,12,16H,3,6-11,13H2,1-2H3,(H,21,25)/t16-,20+/m0/s1. The molecule has 2 amide bonds. The Hall–Kier alpha value is -1.82. The van der Waals surface area contributed by atoms with Crippen LogP contribution in [0.3, 0.4) is 0 Å². The van der Waals surface area contributed by atoms with E-state index in [1.165, 1.54) is 16.4 Å². The van der Waals surface area contributed by atoms with Crippen molar-refractivity contribution in [1.29, 1.82) is 0 Å². The second-order valence-corrected chi connectivity index (χ2v) is 11.3. The fourth-order valence-electron chi connectivity index (χ4n) is 4.22. The van der Waals surface area contributed by atoms with Crippen molar-refractivity contribution in [2.24, 2.45) is 0 Å². The van der Waals surface area contributed by atoms with E-state index in [2.05, 4.69) is 5.32 Å². The highest BCUT2D eigenvalue weighted by Crippen LogP contribution is 2.47. The van der Waals surface area contributed by atoms with E-state index < -0.39 is 16.1 Å². The van der Waals surface area contributed by atoms with Gasteiger partial charge in [0.15, 0.2) is 0 Å². The van der Waals surface area contributed by atoms with Crippen LogP contribution in [0, 0.1) is 0 Å². The molecule has 1 aromatic carbocycles. The number of benzene rings is 1. The first-order valence-electron chi connectivity index (χ1n) is 10.4. The second kappa shape index (κ2) is 8.61. The molecule has 3 heterocycles. The number of nitrogens with zero attached hydrogens (tertiary/aromatic N) is 2. The quantitative estimate of drug-likeness (QED) is 0.673. The maximum atomic E-state index is 13.1. The summed E-state index contributed by atoms with van der Waals surface area (Å²) >= 11 is 1.61. The summed E-state index contributed by atoms with van der Waals surface area (Å²) in [5, 5.41) is 2.82. The van der Waals surface area contributed by atoms with Crippen molar-refractivity contribution in [2.75, 3.05) is 44.0 Å². The van der Waals surface area contributed by atoms with Crippen molar-refractivity contribution in [3.05, 3.63) is 18.2 Å². The van der Waals surface area contributed by atoms with E-state index in [4.69, 9.17) is 9.47 Å². The molecule has 0 aromatic heterocycles. The SMILES string of the molecule is CCOc1ccc(S(=O)(=O)N2CCOCC2)cc1NC(=O)[C@@H]1CS[C@]2(C)CCC(=O)N12. The molecule has 0 saturated carbocycles. The number of nitrogens with one attached hydrogen (secondary N) is 1. The van der Waals surface area contributed by atoms with Crippen LogP contribution < -0.4 is 10.1 Å². The van der Waals surface area contributed by atoms with Gasteiger partial charge < -0.3 is 19.7 Å². The van der Waals surface area contributed by atoms with Gasteiger partial charge >= 0.3 is 0 Å². The molecule has 0 aliphatic carbocycles. The third-order valence-corrected chi connectivity index (χ3v) is 9.26. The molecule has 3 saturated heterocycles. The number of fused-ring (bicyclic) bond motifs is 1. The fraction of sp³-hybridized carbons (Fsp3) is 0.600. The topological polar surface area (TPSA) is 105 Å². The first kappa shape index (κ1) is 22.4. The first-order chi connectivity index (χ1) is 14.8. The minimum Gasteiger partial charge on any atom is -0.492 e. The van der Waals surface area contributed by atoms with Crippen LogP contribution in [-0.2, 0) is 24.3 Å². The largest absolute Gasteiger partial charge is 0.492 e. The van der Waals surface area contributed by atoms with Crippen LogP contribution in [0.4, 0.5) is 5.69 Å². The molecule has 11 heteroatoms. The lowest BCUT2D eigenvalue weighted by Crippen LogP contribution is -2.48. The van der Waals surface area contributed by atoms with Crippen LogP contribution in [0.2, 0.25) is 0 Å². The Morgan fingerprint density at radius 1 is 1.35 bits per heavy atom. The number of hydrogen-bond acceptors (Lipinski definition) is 7. The number of thioether (sulfide) groups is 1. The number of anilines is 1. The van der Waals surface area contributed by atoms with Gasteiger partial charge in [-0.15, -0.1) is 11.8 Å². The predicted octanol–water partition coefficient (Wildman–Crippen LogP) is 1.50. The van der Waals surface area contributed by atoms with Crippen LogP contribution in [0.1, 0.15) is 26.7 Å². The summed E-state index contributed by atoms with van der Waals surface area (Å²) in [5.74, 6) is 0.525. The predicted molar refractivity (Wildman–Crippen MR) is 117 cm³/mol. The van der Waals surface area contributed by atoms with Gasteiger partial charge in [-0.3, -0.25) is 9.59 Å². The van der Waals surface area contributed by atoms with Crippen molar-refractivity contribution in [3.8, 4) is 5.75 Å². The maximum Gasteiger partial charge on any atom is 0.248 e. The van der Waals surface area contributed by atoms with Crippen LogP contribution in [0.15, 0.2) is 23.1 Å². The molecule has 0 spiro atoms.